The van der Waals surface area contributed by atoms with Crippen LogP contribution in [0.25, 0.3) is 0 Å². The average molecular weight is 1870 g/mol. The van der Waals surface area contributed by atoms with Gasteiger partial charge in [0.1, 0.15) is 54.5 Å². The summed E-state index contributed by atoms with van der Waals surface area (Å²) in [4.78, 5) is 134. The number of amides is 5. The van der Waals surface area contributed by atoms with Crippen molar-refractivity contribution in [3.05, 3.63) is 45.9 Å². The first-order valence-corrected chi connectivity index (χ1v) is 46.5. The summed E-state index contributed by atoms with van der Waals surface area (Å²) in [6, 6.07) is 4.82. The van der Waals surface area contributed by atoms with Crippen LogP contribution in [0.3, 0.4) is 0 Å². The van der Waals surface area contributed by atoms with Crippen molar-refractivity contribution in [2.24, 2.45) is 17.8 Å². The lowest BCUT2D eigenvalue weighted by molar-refractivity contribution is -0.194. The number of benzene rings is 1. The first kappa shape index (κ1) is 121. The van der Waals surface area contributed by atoms with Crippen molar-refractivity contribution >= 4 is 83.3 Å². The highest BCUT2D eigenvalue weighted by molar-refractivity contribution is 7.80. The van der Waals surface area contributed by atoms with Gasteiger partial charge in [0, 0.05) is 116 Å². The summed E-state index contributed by atoms with van der Waals surface area (Å²) < 4.78 is 68.7. The number of likely N-dealkylation sites (tertiary alicyclic amines) is 1. The van der Waals surface area contributed by atoms with Crippen molar-refractivity contribution in [3.8, 4) is 5.75 Å². The minimum Gasteiger partial charge on any atom is -0.508 e. The number of carbonyl (C=O) groups excluding carboxylic acids is 9. The van der Waals surface area contributed by atoms with Gasteiger partial charge in [-0.25, -0.2) is 4.98 Å². The van der Waals surface area contributed by atoms with E-state index in [4.69, 9.17) is 92.1 Å². The van der Waals surface area contributed by atoms with Crippen LogP contribution in [-0.4, -0.2) is 317 Å². The first-order valence-electron chi connectivity index (χ1n) is 44.9. The summed E-state index contributed by atoms with van der Waals surface area (Å²) in [5.41, 5.74) is 1.000. The zero-order chi connectivity index (χ0) is 96.5. The molecule has 740 valence electrons. The Labute approximate surface area is 767 Å². The molecule has 1 aromatic heterocycles. The normalized spacial score (nSPS) is 16.2. The van der Waals surface area contributed by atoms with Gasteiger partial charge in [0.15, 0.2) is 25.2 Å². The molecule has 128 heavy (non-hydrogen) atoms. The van der Waals surface area contributed by atoms with Crippen LogP contribution in [0, 0.1) is 17.8 Å². The molecule has 2 heterocycles. The molecule has 0 radical (unpaired) electrons. The highest BCUT2D eigenvalue weighted by Crippen LogP contribution is 2.33. The summed E-state index contributed by atoms with van der Waals surface area (Å²) in [6.45, 7) is 24.5. The van der Waals surface area contributed by atoms with E-state index in [-0.39, 0.29) is 194 Å². The second-order valence-electron chi connectivity index (χ2n) is 31.4. The van der Waals surface area contributed by atoms with Crippen LogP contribution in [0.2, 0.25) is 0 Å². The number of rotatable bonds is 66. The number of aliphatic carboxylic acids is 1. The molecule has 1 aromatic carbocycles. The Hall–Kier alpha value is -6.90. The number of carboxylic acid groups (broad SMARTS) is 1. The van der Waals surface area contributed by atoms with Crippen LogP contribution in [0.4, 0.5) is 0 Å². The van der Waals surface area contributed by atoms with Crippen LogP contribution in [0.5, 0.6) is 5.75 Å². The predicted octanol–water partition coefficient (Wildman–Crippen LogP) is 7.66. The Balaban J connectivity index is 0.00000247. The predicted molar refractivity (Wildman–Crippen MR) is 482 cm³/mol. The highest BCUT2D eigenvalue weighted by atomic mass is 32.1. The summed E-state index contributed by atoms with van der Waals surface area (Å²) in [5, 5.41) is 77.1. The van der Waals surface area contributed by atoms with Gasteiger partial charge in [0.2, 0.25) is 23.6 Å². The lowest BCUT2D eigenvalue weighted by Crippen LogP contribution is -2.58. The van der Waals surface area contributed by atoms with Crippen molar-refractivity contribution in [1.82, 2.24) is 36.1 Å². The number of aromatic nitrogens is 1. The molecule has 0 bridgehead atoms. The number of aliphatic hydroxyl groups excluding tert-OH is 5. The summed E-state index contributed by atoms with van der Waals surface area (Å²) >= 11 is 5.29. The fraction of sp³-hybridized carbons (Fsp3) is 0.787. The monoisotopic (exact) mass is 1870 g/mol. The van der Waals surface area contributed by atoms with Gasteiger partial charge in [-0.1, -0.05) is 101 Å². The molecule has 37 nitrogen and oxygen atoms in total. The van der Waals surface area contributed by atoms with Gasteiger partial charge in [0.05, 0.1) is 76.0 Å². The molecule has 0 spiro atoms. The third-order valence-corrected chi connectivity index (χ3v) is 21.8. The van der Waals surface area contributed by atoms with Crippen LogP contribution >= 0.6 is 24.0 Å². The molecule has 1 fully saturated rings. The molecular formula is C89H157N7O30S2. The zero-order valence-electron chi connectivity index (χ0n) is 78.9. The van der Waals surface area contributed by atoms with Crippen LogP contribution < -0.4 is 21.3 Å². The van der Waals surface area contributed by atoms with E-state index in [1.165, 1.54) is 39.8 Å². The van der Waals surface area contributed by atoms with Gasteiger partial charge in [0.25, 0.3) is 5.91 Å². The molecule has 3 rings (SSSR count). The van der Waals surface area contributed by atoms with E-state index >= 15 is 0 Å². The Morgan fingerprint density at radius 2 is 1.09 bits per heavy atom. The van der Waals surface area contributed by atoms with Gasteiger partial charge in [-0.3, -0.25) is 52.8 Å². The minimum atomic E-state index is -0.945. The molecule has 2 aromatic rings. The smallest absolute Gasteiger partial charge is 0.309 e. The Morgan fingerprint density at radius 3 is 1.51 bits per heavy atom. The largest absolute Gasteiger partial charge is 0.508 e. The van der Waals surface area contributed by atoms with E-state index in [1.807, 2.05) is 67.3 Å². The van der Waals surface area contributed by atoms with Crippen molar-refractivity contribution in [2.45, 2.75) is 310 Å². The molecule has 1 saturated heterocycles. The molecule has 0 aliphatic carbocycles. The Morgan fingerprint density at radius 1 is 0.602 bits per heavy atom. The highest BCUT2D eigenvalue weighted by Gasteiger charge is 2.39. The number of thiazole rings is 1. The number of aliphatic hydroxyl groups is 5. The molecule has 16 atom stereocenters. The molecule has 1 aliphatic rings. The lowest BCUT2D eigenvalue weighted by atomic mass is 9.92. The van der Waals surface area contributed by atoms with Crippen molar-refractivity contribution in [1.29, 1.82) is 0 Å². The maximum atomic E-state index is 14.8. The standard InChI is InChI=1S/C56H92N6O13S.C14H27NO6S.C12H22O7.C7H16O4/c1-12-26-62(55(69)51(37(7)14-3)60-53(68)45-19-16-17-27-61(45)10)46(36(5)6)31-47(72-28-13-2)54-59-44(35-76-54)52(67)58-41(30-40-22-24-42(64)25-23-40)29-38(8)56(70)74-39(9)32-57-48(65)20-18-21-49(66)73-34-50(71-11)75-43(15-4)33-63;1-3-11(9-16)21-14(19-2)10-20-13(18)6-4-5-12(17)15-7-8-22;1-3-9(7-13)19-12(17-2)8-18-11(16)6-4-5-10(14)15;1-3-6(4-8)11-7(5-9)10-2/h22-25,35-39,41,43,45-47,50-51,63-64H,12-21,26-34H2,1-11H3,(H,57,65)(H,58,67)(H,60,68);11,14,16,22H,3-10H2,1-2H3,(H,15,17);9,12-13H,3-8H2,1-2H3,(H,14,15);6-9H,3-5H2,1-2H3/t37-,38-,39?,41+,43?,45+,46+,47+,50?,51-;;;/m0.../s1. The number of hydrogen-bond donors (Lipinski definition) is 12. The average Bonchev–Trinajstić information content (AvgIpc) is 1.25. The van der Waals surface area contributed by atoms with Gasteiger partial charge in [-0.2, -0.15) is 12.6 Å². The summed E-state index contributed by atoms with van der Waals surface area (Å²) in [5.74, 6) is -4.07. The minimum absolute atomic E-state index is 0.00981. The van der Waals surface area contributed by atoms with Gasteiger partial charge >= 0.3 is 29.8 Å². The topological polar surface area (TPSA) is 500 Å². The number of phenolic OH excluding ortho intramolecular Hbond substituents is 1. The zero-order valence-corrected chi connectivity index (χ0v) is 80.6. The fourth-order valence-electron chi connectivity index (χ4n) is 12.6. The molecule has 5 amide bonds. The number of phenols is 1. The maximum Gasteiger partial charge on any atom is 0.309 e. The number of hydrogen-bond acceptors (Lipinski definition) is 33. The van der Waals surface area contributed by atoms with Gasteiger partial charge in [-0.05, 0) is 134 Å². The second-order valence-corrected chi connectivity index (χ2v) is 32.8. The van der Waals surface area contributed by atoms with Crippen molar-refractivity contribution < 1.29 is 145 Å². The molecule has 0 saturated carbocycles. The van der Waals surface area contributed by atoms with Crippen molar-refractivity contribution in [3.63, 3.8) is 0 Å². The van der Waals surface area contributed by atoms with E-state index in [9.17, 15) is 58.2 Å². The number of nitrogens with one attached hydrogen (secondary N) is 4. The quantitative estimate of drug-likeness (QED) is 0.0131. The van der Waals surface area contributed by atoms with Crippen LogP contribution in [-0.2, 0) is 111 Å². The lowest BCUT2D eigenvalue weighted by Gasteiger charge is -2.40. The van der Waals surface area contributed by atoms with E-state index in [0.29, 0.717) is 88.2 Å². The number of methoxy groups -OCH3 is 4. The van der Waals surface area contributed by atoms with Crippen molar-refractivity contribution in [2.75, 3.05) is 127 Å². The number of piperidine rings is 1. The second kappa shape index (κ2) is 73.6. The number of likely N-dealkylation sites (N-methyl/N-ethyl adjacent to an activating group) is 1. The molecule has 9 unspecified atom stereocenters. The maximum absolute atomic E-state index is 14.8. The Bertz CT molecular complexity index is 3290. The Kier molecular flexibility index (Phi) is 69.7. The van der Waals surface area contributed by atoms with Crippen LogP contribution in [0.1, 0.15) is 245 Å². The first-order chi connectivity index (χ1) is 61.1. The van der Waals surface area contributed by atoms with E-state index in [1.54, 1.807) is 43.5 Å². The third kappa shape index (κ3) is 53.6. The van der Waals surface area contributed by atoms with E-state index in [2.05, 4.69) is 52.6 Å². The van der Waals surface area contributed by atoms with E-state index in [0.717, 1.165) is 37.8 Å². The summed E-state index contributed by atoms with van der Waals surface area (Å²) in [6.07, 6.45) is 4.21. The van der Waals surface area contributed by atoms with Crippen LogP contribution in [0.15, 0.2) is 29.6 Å². The third-order valence-electron chi connectivity index (χ3n) is 20.6. The van der Waals surface area contributed by atoms with E-state index < -0.39 is 97.2 Å². The number of thiol groups is 1. The molecule has 1 aliphatic heterocycles. The SMILES string of the molecule is CCC(CO)OC(CO)OC.CCC(CO)OC(COC(=O)CCCC(=O)NCCS)OC.CCC(CO)OC(COC(=O)CCCC(=O)O)OC.CCCO[C@H](C[C@H](C(C)C)N(CCC)C(=O)[C@@H](NC(=O)[C@H]1CCCCN1C)[C@@H](C)CC)c1nc(C(=O)N[C@@H](Cc2ccc(O)cc2)C[C@H](C)C(=O)OC(C)CNC(=O)CCCC(=O)OCC(OC)OC(CC)CO)cs1. The number of carboxylic acids is 1. The fourth-order valence-corrected chi connectivity index (χ4v) is 13.5. The number of esters is 4. The number of ether oxygens (including phenoxy) is 13. The van der Waals surface area contributed by atoms with Gasteiger partial charge < -0.3 is 123 Å². The number of nitrogens with zero attached hydrogens (tertiary/aromatic N) is 3. The summed E-state index contributed by atoms with van der Waals surface area (Å²) in [7, 11) is 7.67. The molecular weight excluding hydrogens is 1710 g/mol. The van der Waals surface area contributed by atoms with Gasteiger partial charge in [-0.15, -0.1) is 11.3 Å². The number of carbonyl (C=O) groups is 10. The number of aromatic hydroxyl groups is 1. The molecule has 11 N–H and O–H groups in total. The molecule has 39 heteroatoms.